The fourth-order valence-electron chi connectivity index (χ4n) is 6.97. The quantitative estimate of drug-likeness (QED) is 0.191. The van der Waals surface area contributed by atoms with Crippen LogP contribution in [0.15, 0.2) is 174 Å². The predicted octanol–water partition coefficient (Wildman–Crippen LogP) is 12.6. The number of hydrogen-bond acceptors (Lipinski definition) is 1. The molecule has 0 amide bonds. The number of rotatable bonds is 4. The maximum atomic E-state index is 6.16. The summed E-state index contributed by atoms with van der Waals surface area (Å²) in [5, 5.41) is 8.67. The summed E-state index contributed by atoms with van der Waals surface area (Å²) in [4.78, 5) is 0. The second-order valence-electron chi connectivity index (χ2n) is 11.7. The molecule has 0 fully saturated rings. The Hall–Kier alpha value is -5.92. The van der Waals surface area contributed by atoms with E-state index < -0.39 is 0 Å². The van der Waals surface area contributed by atoms with Gasteiger partial charge in [-0.1, -0.05) is 158 Å². The van der Waals surface area contributed by atoms with Crippen molar-refractivity contribution in [1.82, 2.24) is 0 Å². The van der Waals surface area contributed by atoms with Gasteiger partial charge in [0.1, 0.15) is 11.3 Å². The molecule has 1 heterocycles. The molecule has 0 atom stereocenters. The SMILES string of the molecule is c1ccc2oc(-c3ccc(-c4c5ccccc5c(-c5ccc(-c6cccc7ccccc67)cc5)c5ccccc45)cc3)cc2c1. The van der Waals surface area contributed by atoms with Crippen molar-refractivity contribution in [3.05, 3.63) is 170 Å². The Labute approximate surface area is 261 Å². The van der Waals surface area contributed by atoms with Crippen LogP contribution in [0.25, 0.3) is 88.0 Å². The van der Waals surface area contributed by atoms with E-state index in [1.807, 2.05) is 18.2 Å². The van der Waals surface area contributed by atoms with E-state index in [2.05, 4.69) is 152 Å². The first-order valence-corrected chi connectivity index (χ1v) is 15.4. The van der Waals surface area contributed by atoms with Crippen molar-refractivity contribution in [2.24, 2.45) is 0 Å². The van der Waals surface area contributed by atoms with E-state index >= 15 is 0 Å². The van der Waals surface area contributed by atoms with Gasteiger partial charge >= 0.3 is 0 Å². The highest BCUT2D eigenvalue weighted by molar-refractivity contribution is 6.21. The van der Waals surface area contributed by atoms with E-state index in [1.54, 1.807) is 0 Å². The lowest BCUT2D eigenvalue weighted by atomic mass is 9.85. The molecule has 9 aromatic rings. The molecule has 0 aliphatic rings. The van der Waals surface area contributed by atoms with Crippen LogP contribution in [0.4, 0.5) is 0 Å². The van der Waals surface area contributed by atoms with Gasteiger partial charge in [0.05, 0.1) is 0 Å². The minimum Gasteiger partial charge on any atom is -0.456 e. The standard InChI is InChI=1S/C44H28O/c1-3-13-35-29(10-1)12-9-18-36(35)30-20-24-32(25-21-30)43-37-14-4-6-16-39(37)44(40-17-7-5-15-38(40)43)33-26-22-31(23-27-33)42-28-34-11-2-8-19-41(34)45-42/h1-28H. The summed E-state index contributed by atoms with van der Waals surface area (Å²) >= 11 is 0. The largest absolute Gasteiger partial charge is 0.456 e. The third-order valence-electron chi connectivity index (χ3n) is 9.09. The molecule has 0 aliphatic carbocycles. The van der Waals surface area contributed by atoms with Crippen molar-refractivity contribution in [1.29, 1.82) is 0 Å². The van der Waals surface area contributed by atoms with E-state index in [0.29, 0.717) is 0 Å². The third kappa shape index (κ3) is 4.24. The fraction of sp³-hybridized carbons (Fsp3) is 0. The molecule has 0 bridgehead atoms. The highest BCUT2D eigenvalue weighted by Crippen LogP contribution is 2.44. The molecule has 8 aromatic carbocycles. The normalized spacial score (nSPS) is 11.6. The predicted molar refractivity (Wildman–Crippen MR) is 190 cm³/mol. The first kappa shape index (κ1) is 25.6. The van der Waals surface area contributed by atoms with Gasteiger partial charge in [0.25, 0.3) is 0 Å². The van der Waals surface area contributed by atoms with Crippen LogP contribution >= 0.6 is 0 Å². The molecule has 0 saturated carbocycles. The van der Waals surface area contributed by atoms with Crippen molar-refractivity contribution in [3.8, 4) is 44.7 Å². The van der Waals surface area contributed by atoms with Crippen molar-refractivity contribution in [2.45, 2.75) is 0 Å². The van der Waals surface area contributed by atoms with Gasteiger partial charge in [0.15, 0.2) is 0 Å². The smallest absolute Gasteiger partial charge is 0.135 e. The zero-order chi connectivity index (χ0) is 29.7. The van der Waals surface area contributed by atoms with Crippen LogP contribution in [-0.2, 0) is 0 Å². The van der Waals surface area contributed by atoms with Crippen LogP contribution in [-0.4, -0.2) is 0 Å². The minimum atomic E-state index is 0.889. The van der Waals surface area contributed by atoms with Gasteiger partial charge in [-0.3, -0.25) is 0 Å². The molecule has 0 spiro atoms. The summed E-state index contributed by atoms with van der Waals surface area (Å²) in [5.74, 6) is 0.889. The molecular formula is C44H28O. The third-order valence-corrected chi connectivity index (χ3v) is 9.09. The molecule has 210 valence electrons. The van der Waals surface area contributed by atoms with Gasteiger partial charge < -0.3 is 4.42 Å². The lowest BCUT2D eigenvalue weighted by Crippen LogP contribution is -1.91. The molecule has 0 N–H and O–H groups in total. The topological polar surface area (TPSA) is 13.1 Å². The summed E-state index contributed by atoms with van der Waals surface area (Å²) < 4.78 is 6.16. The highest BCUT2D eigenvalue weighted by atomic mass is 16.3. The fourth-order valence-corrected chi connectivity index (χ4v) is 6.97. The average Bonchev–Trinajstić information content (AvgIpc) is 3.55. The zero-order valence-electron chi connectivity index (χ0n) is 24.6. The Kier molecular flexibility index (Phi) is 5.89. The first-order valence-electron chi connectivity index (χ1n) is 15.4. The number of para-hydroxylation sites is 1. The van der Waals surface area contributed by atoms with E-state index in [-0.39, 0.29) is 0 Å². The Balaban J connectivity index is 1.19. The van der Waals surface area contributed by atoms with Gasteiger partial charge in [-0.05, 0) is 77.8 Å². The molecule has 9 rings (SSSR count). The lowest BCUT2D eigenvalue weighted by molar-refractivity contribution is 0.631. The average molecular weight is 573 g/mol. The number of benzene rings is 8. The van der Waals surface area contributed by atoms with Crippen molar-refractivity contribution >= 4 is 43.3 Å². The molecule has 45 heavy (non-hydrogen) atoms. The highest BCUT2D eigenvalue weighted by Gasteiger charge is 2.17. The summed E-state index contributed by atoms with van der Waals surface area (Å²) in [7, 11) is 0. The molecule has 0 unspecified atom stereocenters. The van der Waals surface area contributed by atoms with Crippen molar-refractivity contribution in [2.75, 3.05) is 0 Å². The Morgan fingerprint density at radius 3 is 1.33 bits per heavy atom. The Bertz CT molecular complexity index is 2420. The summed E-state index contributed by atoms with van der Waals surface area (Å²) in [6, 6.07) is 61.0. The van der Waals surface area contributed by atoms with Gasteiger partial charge in [-0.25, -0.2) is 0 Å². The van der Waals surface area contributed by atoms with E-state index in [9.17, 15) is 0 Å². The summed E-state index contributed by atoms with van der Waals surface area (Å²) in [6.07, 6.45) is 0. The van der Waals surface area contributed by atoms with E-state index in [0.717, 1.165) is 22.3 Å². The summed E-state index contributed by atoms with van der Waals surface area (Å²) in [6.45, 7) is 0. The lowest BCUT2D eigenvalue weighted by Gasteiger charge is -2.18. The van der Waals surface area contributed by atoms with Crippen LogP contribution in [0.5, 0.6) is 0 Å². The Morgan fingerprint density at radius 1 is 0.311 bits per heavy atom. The van der Waals surface area contributed by atoms with Crippen molar-refractivity contribution < 1.29 is 4.42 Å². The van der Waals surface area contributed by atoms with Crippen LogP contribution in [0.1, 0.15) is 0 Å². The zero-order valence-corrected chi connectivity index (χ0v) is 24.6. The minimum absolute atomic E-state index is 0.889. The maximum absolute atomic E-state index is 6.16. The number of hydrogen-bond donors (Lipinski definition) is 0. The van der Waals surface area contributed by atoms with Crippen molar-refractivity contribution in [3.63, 3.8) is 0 Å². The van der Waals surface area contributed by atoms with Gasteiger partial charge in [0.2, 0.25) is 0 Å². The van der Waals surface area contributed by atoms with Crippen LogP contribution in [0.2, 0.25) is 0 Å². The Morgan fingerprint density at radius 2 is 0.756 bits per heavy atom. The van der Waals surface area contributed by atoms with Crippen LogP contribution in [0, 0.1) is 0 Å². The second-order valence-corrected chi connectivity index (χ2v) is 11.7. The molecule has 1 aromatic heterocycles. The monoisotopic (exact) mass is 572 g/mol. The molecule has 0 saturated heterocycles. The first-order chi connectivity index (χ1) is 22.3. The van der Waals surface area contributed by atoms with E-state index in [1.165, 1.54) is 65.7 Å². The number of fused-ring (bicyclic) bond motifs is 4. The van der Waals surface area contributed by atoms with Gasteiger partial charge in [-0.15, -0.1) is 0 Å². The molecule has 0 aliphatic heterocycles. The molecular weight excluding hydrogens is 544 g/mol. The number of furan rings is 1. The molecule has 1 nitrogen and oxygen atoms in total. The van der Waals surface area contributed by atoms with Crippen LogP contribution in [0.3, 0.4) is 0 Å². The second kappa shape index (κ2) is 10.4. The summed E-state index contributed by atoms with van der Waals surface area (Å²) in [5.41, 5.74) is 9.42. The van der Waals surface area contributed by atoms with Gasteiger partial charge in [0, 0.05) is 10.9 Å². The van der Waals surface area contributed by atoms with Crippen LogP contribution < -0.4 is 0 Å². The van der Waals surface area contributed by atoms with Gasteiger partial charge in [-0.2, -0.15) is 0 Å². The maximum Gasteiger partial charge on any atom is 0.135 e. The van der Waals surface area contributed by atoms with E-state index in [4.69, 9.17) is 4.42 Å². The molecule has 1 heteroatoms. The molecule has 0 radical (unpaired) electrons.